The van der Waals surface area contributed by atoms with Gasteiger partial charge in [0.25, 0.3) is 0 Å². The van der Waals surface area contributed by atoms with Crippen molar-refractivity contribution in [3.8, 4) is 11.1 Å². The van der Waals surface area contributed by atoms with Crippen molar-refractivity contribution >= 4 is 54.0 Å². The monoisotopic (exact) mass is 361 g/mol. The lowest BCUT2D eigenvalue weighted by Gasteiger charge is -2.08. The molecule has 0 fully saturated rings. The summed E-state index contributed by atoms with van der Waals surface area (Å²) in [6, 6.07) is 30.2. The van der Waals surface area contributed by atoms with Gasteiger partial charge in [0.15, 0.2) is 0 Å². The van der Waals surface area contributed by atoms with Gasteiger partial charge in [0.2, 0.25) is 0 Å². The summed E-state index contributed by atoms with van der Waals surface area (Å²) in [5.74, 6) is 0. The van der Waals surface area contributed by atoms with Crippen LogP contribution in [0.15, 0.2) is 90.3 Å². The number of aromatic nitrogens is 1. The molecule has 0 spiro atoms. The highest BCUT2D eigenvalue weighted by molar-refractivity contribution is 7.18. The van der Waals surface area contributed by atoms with Crippen molar-refractivity contribution in [3.05, 3.63) is 90.3 Å². The molecular weight excluding hydrogens is 346 g/mol. The Morgan fingerprint density at radius 3 is 2.33 bits per heavy atom. The predicted octanol–water partition coefficient (Wildman–Crippen LogP) is 7.42. The highest BCUT2D eigenvalue weighted by Gasteiger charge is 2.12. The van der Waals surface area contributed by atoms with Crippen molar-refractivity contribution in [2.24, 2.45) is 0 Å². The molecule has 0 radical (unpaired) electrons. The number of nitrogens with zero attached hydrogens (tertiary/aromatic N) is 1. The van der Waals surface area contributed by atoms with Gasteiger partial charge in [-0.2, -0.15) is 0 Å². The Morgan fingerprint density at radius 1 is 0.630 bits per heavy atom. The van der Waals surface area contributed by atoms with E-state index >= 15 is 0 Å². The Balaban J connectivity index is 1.80. The van der Waals surface area contributed by atoms with Gasteiger partial charge in [-0.3, -0.25) is 0 Å². The van der Waals surface area contributed by atoms with Gasteiger partial charge in [0.1, 0.15) is 0 Å². The molecule has 126 valence electrons. The van der Waals surface area contributed by atoms with Crippen LogP contribution >= 0.6 is 11.3 Å². The van der Waals surface area contributed by atoms with E-state index in [4.69, 9.17) is 4.98 Å². The summed E-state index contributed by atoms with van der Waals surface area (Å²) in [4.78, 5) is 5.00. The fourth-order valence-electron chi connectivity index (χ4n) is 4.03. The van der Waals surface area contributed by atoms with Crippen LogP contribution in [-0.4, -0.2) is 4.98 Å². The van der Waals surface area contributed by atoms with E-state index in [1.807, 2.05) is 0 Å². The molecule has 2 heterocycles. The second-order valence-electron chi connectivity index (χ2n) is 6.86. The summed E-state index contributed by atoms with van der Waals surface area (Å²) < 4.78 is 1.31. The zero-order chi connectivity index (χ0) is 17.8. The van der Waals surface area contributed by atoms with Crippen molar-refractivity contribution in [3.63, 3.8) is 0 Å². The Labute approximate surface area is 160 Å². The number of rotatable bonds is 1. The van der Waals surface area contributed by atoms with E-state index in [0.29, 0.717) is 0 Å². The lowest BCUT2D eigenvalue weighted by Crippen LogP contribution is -1.85. The summed E-state index contributed by atoms with van der Waals surface area (Å²) in [5, 5.41) is 8.55. The molecule has 4 aromatic carbocycles. The number of hydrogen-bond acceptors (Lipinski definition) is 2. The zero-order valence-electron chi connectivity index (χ0n) is 14.5. The SMILES string of the molecule is c1ccc(-c2csc3ccc4nc5ccc6ccccc6c5cc4c23)cc1. The van der Waals surface area contributed by atoms with E-state index in [-0.39, 0.29) is 0 Å². The van der Waals surface area contributed by atoms with E-state index in [1.165, 1.54) is 42.8 Å². The molecule has 0 aliphatic carbocycles. The van der Waals surface area contributed by atoms with Gasteiger partial charge in [-0.1, -0.05) is 60.7 Å². The summed E-state index contributed by atoms with van der Waals surface area (Å²) >= 11 is 1.80. The number of fused-ring (bicyclic) bond motifs is 6. The predicted molar refractivity (Wildman–Crippen MR) is 118 cm³/mol. The zero-order valence-corrected chi connectivity index (χ0v) is 15.3. The Kier molecular flexibility index (Phi) is 3.11. The second-order valence-corrected chi connectivity index (χ2v) is 7.77. The lowest BCUT2D eigenvalue weighted by atomic mass is 9.98. The van der Waals surface area contributed by atoms with Crippen LogP contribution in [-0.2, 0) is 0 Å². The molecule has 0 N–H and O–H groups in total. The summed E-state index contributed by atoms with van der Waals surface area (Å²) in [6.07, 6.45) is 0. The maximum atomic E-state index is 5.00. The van der Waals surface area contributed by atoms with Gasteiger partial charge in [0, 0.05) is 26.4 Å². The van der Waals surface area contributed by atoms with Crippen LogP contribution in [0.4, 0.5) is 0 Å². The molecule has 6 aromatic rings. The first-order chi connectivity index (χ1) is 13.4. The third kappa shape index (κ3) is 2.20. The Hall–Kier alpha value is -3.23. The molecule has 2 heteroatoms. The quantitative estimate of drug-likeness (QED) is 0.219. The number of thiophene rings is 1. The van der Waals surface area contributed by atoms with Crippen LogP contribution in [0.3, 0.4) is 0 Å². The molecular formula is C25H15NS. The average Bonchev–Trinajstić information content (AvgIpc) is 3.17. The maximum Gasteiger partial charge on any atom is 0.0717 e. The summed E-state index contributed by atoms with van der Waals surface area (Å²) in [6.45, 7) is 0. The molecule has 0 aliphatic heterocycles. The third-order valence-electron chi connectivity index (χ3n) is 5.32. The Morgan fingerprint density at radius 2 is 1.41 bits per heavy atom. The molecule has 0 atom stereocenters. The van der Waals surface area contributed by atoms with Crippen LogP contribution in [0.5, 0.6) is 0 Å². The largest absolute Gasteiger partial charge is 0.248 e. The molecule has 0 bridgehead atoms. The van der Waals surface area contributed by atoms with E-state index in [2.05, 4.69) is 90.3 Å². The third-order valence-corrected chi connectivity index (χ3v) is 6.27. The van der Waals surface area contributed by atoms with Crippen LogP contribution in [0.1, 0.15) is 0 Å². The molecule has 0 saturated heterocycles. The van der Waals surface area contributed by atoms with Crippen molar-refractivity contribution in [2.45, 2.75) is 0 Å². The van der Waals surface area contributed by atoms with E-state index in [1.54, 1.807) is 11.3 Å². The second kappa shape index (κ2) is 5.63. The lowest BCUT2D eigenvalue weighted by molar-refractivity contribution is 1.52. The minimum atomic E-state index is 1.05. The first-order valence-electron chi connectivity index (χ1n) is 9.06. The molecule has 0 saturated carbocycles. The molecule has 1 nitrogen and oxygen atoms in total. The first-order valence-corrected chi connectivity index (χ1v) is 9.94. The van der Waals surface area contributed by atoms with E-state index in [0.717, 1.165) is 11.0 Å². The molecule has 0 aliphatic rings. The minimum Gasteiger partial charge on any atom is -0.248 e. The van der Waals surface area contributed by atoms with Gasteiger partial charge in [-0.15, -0.1) is 11.3 Å². The van der Waals surface area contributed by atoms with Gasteiger partial charge in [-0.25, -0.2) is 4.98 Å². The maximum absolute atomic E-state index is 5.00. The first kappa shape index (κ1) is 14.9. The summed E-state index contributed by atoms with van der Waals surface area (Å²) in [5.41, 5.74) is 4.66. The van der Waals surface area contributed by atoms with Crippen LogP contribution in [0, 0.1) is 0 Å². The van der Waals surface area contributed by atoms with E-state index in [9.17, 15) is 0 Å². The summed E-state index contributed by atoms with van der Waals surface area (Å²) in [7, 11) is 0. The standard InChI is InChI=1S/C25H15NS/c1-2-6-16(7-3-1)21-15-27-24-13-12-23-20(25(21)24)14-19-18-9-5-4-8-17(18)10-11-22(19)26-23/h1-15H. The number of hydrogen-bond donors (Lipinski definition) is 0. The van der Waals surface area contributed by atoms with Crippen molar-refractivity contribution in [2.75, 3.05) is 0 Å². The smallest absolute Gasteiger partial charge is 0.0717 e. The van der Waals surface area contributed by atoms with Gasteiger partial charge < -0.3 is 0 Å². The minimum absolute atomic E-state index is 1.05. The van der Waals surface area contributed by atoms with Crippen LogP contribution in [0.25, 0.3) is 53.8 Å². The molecule has 27 heavy (non-hydrogen) atoms. The van der Waals surface area contributed by atoms with Crippen molar-refractivity contribution in [1.82, 2.24) is 4.98 Å². The van der Waals surface area contributed by atoms with Gasteiger partial charge in [-0.05, 0) is 46.0 Å². The highest BCUT2D eigenvalue weighted by atomic mass is 32.1. The number of pyridine rings is 1. The van der Waals surface area contributed by atoms with Gasteiger partial charge in [0.05, 0.1) is 11.0 Å². The Bertz CT molecular complexity index is 1460. The van der Waals surface area contributed by atoms with E-state index < -0.39 is 0 Å². The molecule has 2 aromatic heterocycles. The topological polar surface area (TPSA) is 12.9 Å². The highest BCUT2D eigenvalue weighted by Crippen LogP contribution is 2.39. The number of benzene rings is 4. The van der Waals surface area contributed by atoms with Crippen molar-refractivity contribution in [1.29, 1.82) is 0 Å². The fourth-order valence-corrected chi connectivity index (χ4v) is 5.01. The molecule has 0 amide bonds. The molecule has 6 rings (SSSR count). The van der Waals surface area contributed by atoms with Crippen LogP contribution < -0.4 is 0 Å². The molecule has 0 unspecified atom stereocenters. The van der Waals surface area contributed by atoms with Gasteiger partial charge >= 0.3 is 0 Å². The normalized spacial score (nSPS) is 11.7. The fraction of sp³-hybridized carbons (Fsp3) is 0. The van der Waals surface area contributed by atoms with Crippen molar-refractivity contribution < 1.29 is 0 Å². The van der Waals surface area contributed by atoms with Crippen LogP contribution in [0.2, 0.25) is 0 Å². The average molecular weight is 361 g/mol.